The Labute approximate surface area is 130 Å². The second-order valence-corrected chi connectivity index (χ2v) is 5.56. The average Bonchev–Trinajstić information content (AvgIpc) is 2.90. The van der Waals surface area contributed by atoms with Crippen molar-refractivity contribution in [3.05, 3.63) is 58.6 Å². The van der Waals surface area contributed by atoms with Crippen molar-refractivity contribution < 1.29 is 0 Å². The van der Waals surface area contributed by atoms with Crippen molar-refractivity contribution in [2.45, 2.75) is 0 Å². The van der Waals surface area contributed by atoms with Crippen LogP contribution in [0.1, 0.15) is 0 Å². The van der Waals surface area contributed by atoms with E-state index >= 15 is 0 Å². The molecule has 0 bridgehead atoms. The standard InChI is InChI=1S/C14H9BrN2S.ClH/c15-12-5-3-10(4-6-12)13-9-18-14(17-13)11-2-1-7-16-8-11;/h1-9H;1H. The van der Waals surface area contributed by atoms with Crippen LogP contribution in [0.25, 0.3) is 21.8 Å². The van der Waals surface area contributed by atoms with Gasteiger partial charge >= 0.3 is 0 Å². The Balaban J connectivity index is 0.00000133. The minimum absolute atomic E-state index is 0. The summed E-state index contributed by atoms with van der Waals surface area (Å²) in [5.41, 5.74) is 3.20. The zero-order valence-electron chi connectivity index (χ0n) is 9.79. The number of thiazole rings is 1. The predicted octanol–water partition coefficient (Wildman–Crippen LogP) is 5.06. The van der Waals surface area contributed by atoms with Crippen LogP contribution in [-0.4, -0.2) is 9.97 Å². The van der Waals surface area contributed by atoms with Gasteiger partial charge in [-0.25, -0.2) is 4.98 Å². The van der Waals surface area contributed by atoms with Gasteiger partial charge in [0.25, 0.3) is 0 Å². The van der Waals surface area contributed by atoms with Gasteiger partial charge in [-0.2, -0.15) is 0 Å². The van der Waals surface area contributed by atoms with Crippen molar-refractivity contribution in [3.8, 4) is 21.8 Å². The summed E-state index contributed by atoms with van der Waals surface area (Å²) < 4.78 is 1.08. The van der Waals surface area contributed by atoms with Crippen molar-refractivity contribution in [2.75, 3.05) is 0 Å². The number of rotatable bonds is 2. The highest BCUT2D eigenvalue weighted by Gasteiger charge is 2.06. The normalized spacial score (nSPS) is 9.95. The molecule has 0 saturated heterocycles. The number of pyridine rings is 1. The molecule has 0 N–H and O–H groups in total. The molecule has 0 aliphatic rings. The molecule has 0 amide bonds. The average molecular weight is 354 g/mol. The molecule has 2 aromatic heterocycles. The quantitative estimate of drug-likeness (QED) is 0.644. The zero-order chi connectivity index (χ0) is 12.4. The molecule has 1 aromatic carbocycles. The summed E-state index contributed by atoms with van der Waals surface area (Å²) in [4.78, 5) is 8.76. The van der Waals surface area contributed by atoms with E-state index in [2.05, 4.69) is 43.4 Å². The monoisotopic (exact) mass is 352 g/mol. The molecule has 0 saturated carbocycles. The van der Waals surface area contributed by atoms with E-state index in [1.807, 2.05) is 30.5 Å². The third-order valence-electron chi connectivity index (χ3n) is 2.55. The third kappa shape index (κ3) is 3.21. The van der Waals surface area contributed by atoms with Crippen LogP contribution in [-0.2, 0) is 0 Å². The van der Waals surface area contributed by atoms with Crippen molar-refractivity contribution in [1.82, 2.24) is 9.97 Å². The Kier molecular flexibility index (Phi) is 4.69. The van der Waals surface area contributed by atoms with Crippen molar-refractivity contribution in [1.29, 1.82) is 0 Å². The van der Waals surface area contributed by atoms with Crippen LogP contribution in [0, 0.1) is 0 Å². The maximum Gasteiger partial charge on any atom is 0.125 e. The van der Waals surface area contributed by atoms with Gasteiger partial charge in [0, 0.05) is 33.4 Å². The molecule has 0 fully saturated rings. The van der Waals surface area contributed by atoms with Gasteiger partial charge in [-0.05, 0) is 24.3 Å². The lowest BCUT2D eigenvalue weighted by molar-refractivity contribution is 1.31. The predicted molar refractivity (Wildman–Crippen MR) is 85.7 cm³/mol. The largest absolute Gasteiger partial charge is 0.264 e. The summed E-state index contributed by atoms with van der Waals surface area (Å²) in [5.74, 6) is 0. The zero-order valence-corrected chi connectivity index (χ0v) is 13.0. The van der Waals surface area contributed by atoms with Crippen LogP contribution in [0.2, 0.25) is 0 Å². The Morgan fingerprint density at radius 3 is 2.47 bits per heavy atom. The van der Waals surface area contributed by atoms with Gasteiger partial charge in [-0.3, -0.25) is 4.98 Å². The third-order valence-corrected chi connectivity index (χ3v) is 3.97. The van der Waals surface area contributed by atoms with Gasteiger partial charge < -0.3 is 0 Å². The molecule has 3 aromatic rings. The second kappa shape index (κ2) is 6.28. The lowest BCUT2D eigenvalue weighted by Crippen LogP contribution is -1.80. The molecule has 3 rings (SSSR count). The van der Waals surface area contributed by atoms with E-state index in [0.717, 1.165) is 26.3 Å². The van der Waals surface area contributed by atoms with E-state index in [1.165, 1.54) is 0 Å². The number of hydrogen-bond donors (Lipinski definition) is 0. The molecule has 2 heterocycles. The van der Waals surface area contributed by atoms with Crippen LogP contribution in [0.4, 0.5) is 0 Å². The van der Waals surface area contributed by atoms with E-state index in [0.29, 0.717) is 0 Å². The van der Waals surface area contributed by atoms with Gasteiger partial charge in [0.2, 0.25) is 0 Å². The van der Waals surface area contributed by atoms with E-state index in [1.54, 1.807) is 17.5 Å². The van der Waals surface area contributed by atoms with E-state index in [-0.39, 0.29) is 12.4 Å². The molecule has 0 aliphatic heterocycles. The number of benzene rings is 1. The van der Waals surface area contributed by atoms with Crippen LogP contribution < -0.4 is 0 Å². The van der Waals surface area contributed by atoms with Gasteiger partial charge in [0.05, 0.1) is 5.69 Å². The molecule has 0 radical (unpaired) electrons. The summed E-state index contributed by atoms with van der Waals surface area (Å²) in [5, 5.41) is 3.08. The maximum absolute atomic E-state index is 4.64. The highest BCUT2D eigenvalue weighted by Crippen LogP contribution is 2.28. The van der Waals surface area contributed by atoms with Crippen LogP contribution in [0.3, 0.4) is 0 Å². The molecule has 0 aliphatic carbocycles. The van der Waals surface area contributed by atoms with Gasteiger partial charge in [0.15, 0.2) is 0 Å². The molecular formula is C14H10BrClN2S. The fourth-order valence-corrected chi connectivity index (χ4v) is 2.73. The summed E-state index contributed by atoms with van der Waals surface area (Å²) in [6.45, 7) is 0. The number of nitrogens with zero attached hydrogens (tertiary/aromatic N) is 2. The van der Waals surface area contributed by atoms with Crippen molar-refractivity contribution >= 4 is 39.7 Å². The first-order valence-electron chi connectivity index (χ1n) is 5.45. The minimum atomic E-state index is 0. The lowest BCUT2D eigenvalue weighted by Gasteiger charge is -1.96. The molecule has 2 nitrogen and oxygen atoms in total. The molecule has 0 atom stereocenters. The summed E-state index contributed by atoms with van der Waals surface area (Å²) in [7, 11) is 0. The first kappa shape index (κ1) is 14.2. The molecule has 0 spiro atoms. The molecule has 96 valence electrons. The number of hydrogen-bond acceptors (Lipinski definition) is 3. The molecule has 5 heteroatoms. The first-order valence-corrected chi connectivity index (χ1v) is 7.12. The second-order valence-electron chi connectivity index (χ2n) is 3.79. The van der Waals surface area contributed by atoms with E-state index < -0.39 is 0 Å². The lowest BCUT2D eigenvalue weighted by atomic mass is 10.2. The van der Waals surface area contributed by atoms with E-state index in [9.17, 15) is 0 Å². The number of aromatic nitrogens is 2. The van der Waals surface area contributed by atoms with Gasteiger partial charge in [-0.1, -0.05) is 28.1 Å². The Morgan fingerprint density at radius 2 is 1.79 bits per heavy atom. The topological polar surface area (TPSA) is 25.8 Å². The molecular weight excluding hydrogens is 344 g/mol. The summed E-state index contributed by atoms with van der Waals surface area (Å²) >= 11 is 5.07. The fraction of sp³-hybridized carbons (Fsp3) is 0. The van der Waals surface area contributed by atoms with Gasteiger partial charge in [-0.15, -0.1) is 23.7 Å². The Morgan fingerprint density at radius 1 is 1.00 bits per heavy atom. The molecule has 0 unspecified atom stereocenters. The Hall–Kier alpha value is -1.23. The number of halogens is 2. The summed E-state index contributed by atoms with van der Waals surface area (Å²) in [6.07, 6.45) is 3.61. The SMILES string of the molecule is Brc1ccc(-c2csc(-c3cccnc3)n2)cc1.Cl. The maximum atomic E-state index is 4.64. The van der Waals surface area contributed by atoms with Crippen LogP contribution in [0.5, 0.6) is 0 Å². The fourth-order valence-electron chi connectivity index (χ4n) is 1.65. The van der Waals surface area contributed by atoms with Gasteiger partial charge in [0.1, 0.15) is 5.01 Å². The minimum Gasteiger partial charge on any atom is -0.264 e. The highest BCUT2D eigenvalue weighted by molar-refractivity contribution is 9.10. The van der Waals surface area contributed by atoms with Crippen molar-refractivity contribution in [3.63, 3.8) is 0 Å². The first-order chi connectivity index (χ1) is 8.83. The van der Waals surface area contributed by atoms with Crippen LogP contribution >= 0.6 is 39.7 Å². The van der Waals surface area contributed by atoms with Crippen molar-refractivity contribution in [2.24, 2.45) is 0 Å². The van der Waals surface area contributed by atoms with Crippen LogP contribution in [0.15, 0.2) is 58.6 Å². The van der Waals surface area contributed by atoms with E-state index in [4.69, 9.17) is 0 Å². The summed E-state index contributed by atoms with van der Waals surface area (Å²) in [6, 6.07) is 12.1. The Bertz CT molecular complexity index is 653. The highest BCUT2D eigenvalue weighted by atomic mass is 79.9. The molecule has 19 heavy (non-hydrogen) atoms. The smallest absolute Gasteiger partial charge is 0.125 e.